The second-order valence-electron chi connectivity index (χ2n) is 7.64. The lowest BCUT2D eigenvalue weighted by atomic mass is 10.1. The average molecular weight is 505 g/mol. The zero-order chi connectivity index (χ0) is 23.6. The van der Waals surface area contributed by atoms with Gasteiger partial charge in [-0.3, -0.25) is 4.90 Å². The summed E-state index contributed by atoms with van der Waals surface area (Å²) in [5.41, 5.74) is 8.30. The summed E-state index contributed by atoms with van der Waals surface area (Å²) in [5.74, 6) is 0.324. The molecule has 1 fully saturated rings. The van der Waals surface area contributed by atoms with E-state index < -0.39 is 15.3 Å². The Morgan fingerprint density at radius 2 is 2.03 bits per heavy atom. The number of hydrogen-bond acceptors (Lipinski definition) is 10. The minimum Gasteiger partial charge on any atom is -0.375 e. The fraction of sp³-hybridized carbons (Fsp3) is 0.300. The van der Waals surface area contributed by atoms with Crippen molar-refractivity contribution in [1.82, 2.24) is 19.9 Å². The van der Waals surface area contributed by atoms with Crippen molar-refractivity contribution in [2.45, 2.75) is 24.6 Å². The minimum absolute atomic E-state index is 0.294. The number of piperidine rings is 1. The number of nitrogen functional groups attached to an aromatic ring is 1. The summed E-state index contributed by atoms with van der Waals surface area (Å²) in [4.78, 5) is 15.5. The maximum Gasteiger partial charge on any atom is 0.227 e. The molecule has 0 saturated carbocycles. The van der Waals surface area contributed by atoms with Crippen LogP contribution in [0.25, 0.3) is 11.4 Å². The summed E-state index contributed by atoms with van der Waals surface area (Å²) in [6.07, 6.45) is 2.59. The Balaban J connectivity index is 1.48. The molecule has 33 heavy (non-hydrogen) atoms. The fourth-order valence-electron chi connectivity index (χ4n) is 3.73. The van der Waals surface area contributed by atoms with Gasteiger partial charge in [0.2, 0.25) is 16.0 Å². The minimum atomic E-state index is -3.50. The van der Waals surface area contributed by atoms with Gasteiger partial charge in [0.15, 0.2) is 5.13 Å². The van der Waals surface area contributed by atoms with E-state index in [9.17, 15) is 13.7 Å². The Morgan fingerprint density at radius 1 is 1.27 bits per heavy atom. The molecule has 1 saturated heterocycles. The number of nitriles is 1. The zero-order valence-electron chi connectivity index (χ0n) is 17.4. The van der Waals surface area contributed by atoms with E-state index in [1.807, 2.05) is 12.1 Å². The summed E-state index contributed by atoms with van der Waals surface area (Å²) in [6, 6.07) is 9.31. The summed E-state index contributed by atoms with van der Waals surface area (Å²) in [7, 11) is -3.50. The Hall–Kier alpha value is -2.82. The Morgan fingerprint density at radius 3 is 2.73 bits per heavy atom. The van der Waals surface area contributed by atoms with E-state index >= 15 is 0 Å². The first-order chi connectivity index (χ1) is 15.7. The number of nitrogens with two attached hydrogens (primary N) is 2. The van der Waals surface area contributed by atoms with Crippen molar-refractivity contribution in [2.24, 2.45) is 5.14 Å². The molecule has 1 aromatic carbocycles. The van der Waals surface area contributed by atoms with Crippen LogP contribution in [0, 0.1) is 11.3 Å². The lowest BCUT2D eigenvalue weighted by Gasteiger charge is -2.30. The number of benzene rings is 1. The van der Waals surface area contributed by atoms with E-state index in [0.717, 1.165) is 16.9 Å². The van der Waals surface area contributed by atoms with Crippen LogP contribution in [-0.4, -0.2) is 46.6 Å². The molecular weight excluding hydrogens is 484 g/mol. The van der Waals surface area contributed by atoms with Crippen LogP contribution in [0.15, 0.2) is 30.5 Å². The van der Waals surface area contributed by atoms with Gasteiger partial charge in [0.1, 0.15) is 16.6 Å². The number of likely N-dealkylation sites (tertiary alicyclic amines) is 1. The maximum atomic E-state index is 11.6. The molecule has 0 amide bonds. The molecule has 10 nitrogen and oxygen atoms in total. The summed E-state index contributed by atoms with van der Waals surface area (Å²) in [5, 5.41) is 18.1. The lowest BCUT2D eigenvalue weighted by molar-refractivity contribution is 0.222. The highest BCUT2D eigenvalue weighted by atomic mass is 35.5. The van der Waals surface area contributed by atoms with Gasteiger partial charge in [-0.05, 0) is 55.8 Å². The third kappa shape index (κ3) is 5.76. The van der Waals surface area contributed by atoms with E-state index in [2.05, 4.69) is 31.2 Å². The largest absolute Gasteiger partial charge is 0.375 e. The predicted molar refractivity (Wildman–Crippen MR) is 128 cm³/mol. The third-order valence-electron chi connectivity index (χ3n) is 5.26. The van der Waals surface area contributed by atoms with Crippen molar-refractivity contribution in [3.63, 3.8) is 0 Å². The van der Waals surface area contributed by atoms with Crippen molar-refractivity contribution >= 4 is 49.7 Å². The van der Waals surface area contributed by atoms with Gasteiger partial charge in [-0.15, -0.1) is 0 Å². The number of anilines is 3. The molecule has 1 aliphatic rings. The van der Waals surface area contributed by atoms with Crippen molar-refractivity contribution in [2.75, 3.05) is 24.1 Å². The topological polar surface area (TPSA) is 164 Å². The average Bonchev–Trinajstić information content (AvgIpc) is 3.14. The molecule has 0 spiro atoms. The molecule has 0 bridgehead atoms. The number of nitrogens with one attached hydrogen (secondary N) is 1. The van der Waals surface area contributed by atoms with Gasteiger partial charge in [0, 0.05) is 23.5 Å². The standard InChI is InChI=1S/C20H21ClN8O2S2/c21-13-7-12(11-29-5-2-15(3-6-29)33(24,30)31)8-14(9-13)26-20-25-4-1-16(27-20)18-17(10-22)32-19(23)28-18/h1,4,7-9,15H,2-3,5-6,11H2,(H2,23,28)(H2,24,30,31)(H,25,26,27). The molecule has 172 valence electrons. The number of aromatic nitrogens is 3. The molecule has 0 unspecified atom stereocenters. The first-order valence-electron chi connectivity index (χ1n) is 10.0. The Labute approximate surface area is 200 Å². The number of sulfonamides is 1. The number of thiazole rings is 1. The molecule has 0 radical (unpaired) electrons. The first kappa shape index (κ1) is 23.3. The number of primary sulfonamides is 1. The summed E-state index contributed by atoms with van der Waals surface area (Å²) >= 11 is 7.44. The highest BCUT2D eigenvalue weighted by Crippen LogP contribution is 2.29. The molecule has 0 aliphatic carbocycles. The van der Waals surface area contributed by atoms with E-state index in [0.29, 0.717) is 70.5 Å². The summed E-state index contributed by atoms with van der Waals surface area (Å²) < 4.78 is 23.1. The van der Waals surface area contributed by atoms with E-state index in [4.69, 9.17) is 22.5 Å². The van der Waals surface area contributed by atoms with Crippen LogP contribution >= 0.6 is 22.9 Å². The van der Waals surface area contributed by atoms with Gasteiger partial charge in [-0.1, -0.05) is 22.9 Å². The number of halogens is 1. The van der Waals surface area contributed by atoms with Crippen LogP contribution in [0.3, 0.4) is 0 Å². The monoisotopic (exact) mass is 504 g/mol. The lowest BCUT2D eigenvalue weighted by Crippen LogP contribution is -2.41. The molecule has 1 aliphatic heterocycles. The van der Waals surface area contributed by atoms with Gasteiger partial charge in [0.25, 0.3) is 0 Å². The van der Waals surface area contributed by atoms with E-state index in [1.54, 1.807) is 18.3 Å². The number of nitrogens with zero attached hydrogens (tertiary/aromatic N) is 5. The fourth-order valence-corrected chi connectivity index (χ4v) is 5.50. The summed E-state index contributed by atoms with van der Waals surface area (Å²) in [6.45, 7) is 1.90. The second-order valence-corrected chi connectivity index (χ2v) is 11.0. The van der Waals surface area contributed by atoms with Crippen LogP contribution in [0.2, 0.25) is 5.02 Å². The van der Waals surface area contributed by atoms with Gasteiger partial charge in [-0.2, -0.15) is 5.26 Å². The van der Waals surface area contributed by atoms with Crippen LogP contribution in [-0.2, 0) is 16.6 Å². The molecule has 3 aromatic rings. The molecule has 2 aromatic heterocycles. The normalized spacial score (nSPS) is 15.3. The molecule has 0 atom stereocenters. The van der Waals surface area contributed by atoms with Crippen LogP contribution in [0.1, 0.15) is 23.3 Å². The van der Waals surface area contributed by atoms with Gasteiger partial charge in [0.05, 0.1) is 10.9 Å². The van der Waals surface area contributed by atoms with E-state index in [-0.39, 0.29) is 0 Å². The van der Waals surface area contributed by atoms with Crippen LogP contribution in [0.4, 0.5) is 16.8 Å². The van der Waals surface area contributed by atoms with Gasteiger partial charge < -0.3 is 11.1 Å². The second kappa shape index (κ2) is 9.58. The molecule has 5 N–H and O–H groups in total. The van der Waals surface area contributed by atoms with Crippen molar-refractivity contribution in [3.8, 4) is 17.5 Å². The molecule has 4 rings (SSSR count). The molecule has 3 heterocycles. The van der Waals surface area contributed by atoms with Crippen molar-refractivity contribution in [1.29, 1.82) is 5.26 Å². The zero-order valence-corrected chi connectivity index (χ0v) is 19.8. The van der Waals surface area contributed by atoms with Crippen LogP contribution < -0.4 is 16.2 Å². The highest BCUT2D eigenvalue weighted by molar-refractivity contribution is 7.89. The Kier molecular flexibility index (Phi) is 6.78. The van der Waals surface area contributed by atoms with Crippen molar-refractivity contribution < 1.29 is 8.42 Å². The van der Waals surface area contributed by atoms with Gasteiger partial charge in [-0.25, -0.2) is 28.5 Å². The quantitative estimate of drug-likeness (QED) is 0.457. The predicted octanol–water partition coefficient (Wildman–Crippen LogP) is 2.70. The van der Waals surface area contributed by atoms with E-state index in [1.165, 1.54) is 0 Å². The Bertz CT molecular complexity index is 1310. The van der Waals surface area contributed by atoms with Crippen molar-refractivity contribution in [3.05, 3.63) is 45.9 Å². The smallest absolute Gasteiger partial charge is 0.227 e. The number of rotatable bonds is 6. The van der Waals surface area contributed by atoms with Crippen LogP contribution in [0.5, 0.6) is 0 Å². The first-order valence-corrected chi connectivity index (χ1v) is 12.8. The molecule has 13 heteroatoms. The third-order valence-corrected chi connectivity index (χ3v) is 7.67. The highest BCUT2D eigenvalue weighted by Gasteiger charge is 2.27. The SMILES string of the molecule is N#Cc1sc(N)nc1-c1ccnc(Nc2cc(Cl)cc(CN3CCC(S(N)(=O)=O)CC3)c2)n1. The maximum absolute atomic E-state index is 11.6. The number of hydrogen-bond donors (Lipinski definition) is 3. The molecular formula is C20H21ClN8O2S2. The van der Waals surface area contributed by atoms with Gasteiger partial charge >= 0.3 is 0 Å².